The Balaban J connectivity index is 1.56. The predicted octanol–water partition coefficient (Wildman–Crippen LogP) is 3.03. The van der Waals surface area contributed by atoms with Crippen LogP contribution in [-0.4, -0.2) is 35.6 Å². The highest BCUT2D eigenvalue weighted by atomic mass is 16.4. The quantitative estimate of drug-likeness (QED) is 0.536. The van der Waals surface area contributed by atoms with Crippen molar-refractivity contribution in [3.63, 3.8) is 0 Å². The molecule has 0 fully saturated rings. The highest BCUT2D eigenvalue weighted by Gasteiger charge is 2.09. The van der Waals surface area contributed by atoms with Crippen molar-refractivity contribution in [2.24, 2.45) is 0 Å². The van der Waals surface area contributed by atoms with Crippen molar-refractivity contribution in [1.29, 1.82) is 0 Å². The van der Waals surface area contributed by atoms with E-state index in [1.54, 1.807) is 24.8 Å². The van der Waals surface area contributed by atoms with Crippen LogP contribution in [0.25, 0.3) is 17.1 Å². The van der Waals surface area contributed by atoms with Crippen molar-refractivity contribution in [1.82, 2.24) is 24.5 Å². The second kappa shape index (κ2) is 7.67. The number of pyridine rings is 1. The third kappa shape index (κ3) is 3.70. The lowest BCUT2D eigenvalue weighted by molar-refractivity contribution is 0.0697. The van der Waals surface area contributed by atoms with E-state index in [1.807, 2.05) is 35.0 Å². The summed E-state index contributed by atoms with van der Waals surface area (Å²) in [5.41, 5.74) is 3.25. The van der Waals surface area contributed by atoms with Crippen LogP contribution in [0.15, 0.2) is 73.6 Å². The summed E-state index contributed by atoms with van der Waals surface area (Å²) in [6.07, 6.45) is 8.43. The summed E-state index contributed by atoms with van der Waals surface area (Å²) in [5.74, 6) is -0.576. The Hall–Kier alpha value is -4.07. The minimum atomic E-state index is -1.01. The zero-order valence-electron chi connectivity index (χ0n) is 14.7. The lowest BCUT2D eigenvalue weighted by Gasteiger charge is -2.11. The van der Waals surface area contributed by atoms with Crippen LogP contribution in [0, 0.1) is 0 Å². The van der Waals surface area contributed by atoms with Crippen molar-refractivity contribution in [2.75, 3.05) is 5.32 Å². The van der Waals surface area contributed by atoms with Crippen molar-refractivity contribution in [2.45, 2.75) is 6.54 Å². The lowest BCUT2D eigenvalue weighted by atomic mass is 10.1. The molecular formula is C20H16N6O2. The monoisotopic (exact) mass is 372 g/mol. The maximum absolute atomic E-state index is 11.2. The number of para-hydroxylation sites is 1. The number of carbonyl (C=O) groups is 1. The molecule has 4 aromatic rings. The van der Waals surface area contributed by atoms with Crippen molar-refractivity contribution >= 4 is 11.9 Å². The SMILES string of the molecule is O=C(O)c1ccnc(-c2ccnc(NCc3ccccc3-n3ccnc3)n2)c1. The Morgan fingerprint density at radius 1 is 1.04 bits per heavy atom. The van der Waals surface area contributed by atoms with Gasteiger partial charge in [0, 0.05) is 31.3 Å². The predicted molar refractivity (Wildman–Crippen MR) is 103 cm³/mol. The van der Waals surface area contributed by atoms with Crippen LogP contribution in [0.3, 0.4) is 0 Å². The standard InChI is InChI=1S/C20H16N6O2/c27-19(28)14-5-7-22-17(11-14)16-6-8-23-20(25-16)24-12-15-3-1-2-4-18(15)26-10-9-21-13-26/h1-11,13H,12H2,(H,27,28)(H,23,24,25). The number of nitrogens with zero attached hydrogens (tertiary/aromatic N) is 5. The fraction of sp³-hybridized carbons (Fsp3) is 0.0500. The van der Waals surface area contributed by atoms with Crippen LogP contribution in [-0.2, 0) is 6.54 Å². The van der Waals surface area contributed by atoms with Gasteiger partial charge in [0.05, 0.1) is 29.0 Å². The molecule has 0 radical (unpaired) electrons. The smallest absolute Gasteiger partial charge is 0.335 e. The number of hydrogen-bond donors (Lipinski definition) is 2. The van der Waals surface area contributed by atoms with Crippen LogP contribution in [0.1, 0.15) is 15.9 Å². The van der Waals surface area contributed by atoms with Crippen LogP contribution >= 0.6 is 0 Å². The van der Waals surface area contributed by atoms with Gasteiger partial charge in [0.15, 0.2) is 0 Å². The van der Waals surface area contributed by atoms with Crippen LogP contribution in [0.5, 0.6) is 0 Å². The van der Waals surface area contributed by atoms with Crippen LogP contribution in [0.2, 0.25) is 0 Å². The van der Waals surface area contributed by atoms with E-state index in [9.17, 15) is 4.79 Å². The second-order valence-corrected chi connectivity index (χ2v) is 5.95. The zero-order chi connectivity index (χ0) is 19.3. The highest BCUT2D eigenvalue weighted by Crippen LogP contribution is 2.18. The van der Waals surface area contributed by atoms with Gasteiger partial charge in [0.1, 0.15) is 0 Å². The summed E-state index contributed by atoms with van der Waals surface area (Å²) in [5, 5.41) is 12.4. The molecule has 0 aliphatic heterocycles. The number of anilines is 1. The number of carboxylic acids is 1. The number of rotatable bonds is 6. The average molecular weight is 372 g/mol. The molecule has 0 amide bonds. The molecule has 138 valence electrons. The van der Waals surface area contributed by atoms with Gasteiger partial charge < -0.3 is 15.0 Å². The third-order valence-electron chi connectivity index (χ3n) is 4.14. The van der Waals surface area contributed by atoms with Gasteiger partial charge in [-0.25, -0.2) is 19.7 Å². The first-order chi connectivity index (χ1) is 13.7. The normalized spacial score (nSPS) is 10.6. The fourth-order valence-corrected chi connectivity index (χ4v) is 2.78. The Morgan fingerprint density at radius 2 is 1.89 bits per heavy atom. The number of nitrogens with one attached hydrogen (secondary N) is 1. The molecule has 0 unspecified atom stereocenters. The van der Waals surface area contributed by atoms with Crippen molar-refractivity contribution in [3.8, 4) is 17.1 Å². The summed E-state index contributed by atoms with van der Waals surface area (Å²) in [7, 11) is 0. The first-order valence-electron chi connectivity index (χ1n) is 8.53. The van der Waals surface area contributed by atoms with Crippen molar-refractivity contribution in [3.05, 3.63) is 84.7 Å². The Morgan fingerprint density at radius 3 is 2.71 bits per heavy atom. The topological polar surface area (TPSA) is 106 Å². The van der Waals surface area contributed by atoms with E-state index in [0.29, 0.717) is 23.9 Å². The molecular weight excluding hydrogens is 356 g/mol. The minimum absolute atomic E-state index is 0.160. The highest BCUT2D eigenvalue weighted by molar-refractivity contribution is 5.88. The second-order valence-electron chi connectivity index (χ2n) is 5.95. The molecule has 28 heavy (non-hydrogen) atoms. The van der Waals surface area contributed by atoms with E-state index in [0.717, 1.165) is 11.3 Å². The summed E-state index contributed by atoms with van der Waals surface area (Å²) in [4.78, 5) is 28.2. The van der Waals surface area contributed by atoms with Gasteiger partial charge in [-0.3, -0.25) is 4.98 Å². The summed E-state index contributed by atoms with van der Waals surface area (Å²) >= 11 is 0. The maximum atomic E-state index is 11.2. The summed E-state index contributed by atoms with van der Waals surface area (Å²) in [6.45, 7) is 0.514. The van der Waals surface area contributed by atoms with Gasteiger partial charge in [0.2, 0.25) is 5.95 Å². The fourth-order valence-electron chi connectivity index (χ4n) is 2.78. The summed E-state index contributed by atoms with van der Waals surface area (Å²) in [6, 6.07) is 12.6. The summed E-state index contributed by atoms with van der Waals surface area (Å²) < 4.78 is 1.94. The Kier molecular flexibility index (Phi) is 4.75. The minimum Gasteiger partial charge on any atom is -0.478 e. The zero-order valence-corrected chi connectivity index (χ0v) is 14.7. The number of imidazole rings is 1. The van der Waals surface area contributed by atoms with E-state index in [4.69, 9.17) is 5.11 Å². The molecule has 2 N–H and O–H groups in total. The Bertz CT molecular complexity index is 1110. The van der Waals surface area contributed by atoms with Gasteiger partial charge in [-0.05, 0) is 29.8 Å². The van der Waals surface area contributed by atoms with Crippen LogP contribution < -0.4 is 5.32 Å². The molecule has 0 spiro atoms. The molecule has 0 saturated heterocycles. The molecule has 8 nitrogen and oxygen atoms in total. The van der Waals surface area contributed by atoms with E-state index in [1.165, 1.54) is 18.3 Å². The molecule has 0 saturated carbocycles. The molecule has 4 rings (SSSR count). The number of aromatic carboxylic acids is 1. The number of benzene rings is 1. The van der Waals surface area contributed by atoms with E-state index < -0.39 is 5.97 Å². The largest absolute Gasteiger partial charge is 0.478 e. The third-order valence-corrected chi connectivity index (χ3v) is 4.14. The molecule has 0 aliphatic carbocycles. The van der Waals surface area contributed by atoms with Gasteiger partial charge in [0.25, 0.3) is 0 Å². The van der Waals surface area contributed by atoms with E-state index >= 15 is 0 Å². The van der Waals surface area contributed by atoms with E-state index in [-0.39, 0.29) is 5.56 Å². The first kappa shape index (κ1) is 17.3. The van der Waals surface area contributed by atoms with Crippen LogP contribution in [0.4, 0.5) is 5.95 Å². The molecule has 3 aromatic heterocycles. The maximum Gasteiger partial charge on any atom is 0.335 e. The Labute approximate surface area is 160 Å². The average Bonchev–Trinajstić information content (AvgIpc) is 3.27. The van der Waals surface area contributed by atoms with E-state index in [2.05, 4.69) is 25.3 Å². The molecule has 0 bridgehead atoms. The van der Waals surface area contributed by atoms with Gasteiger partial charge in [-0.2, -0.15) is 0 Å². The lowest BCUT2D eigenvalue weighted by Crippen LogP contribution is -2.07. The molecule has 0 aliphatic rings. The van der Waals surface area contributed by atoms with Crippen molar-refractivity contribution < 1.29 is 9.90 Å². The number of carboxylic acid groups (broad SMARTS) is 1. The molecule has 8 heteroatoms. The first-order valence-corrected chi connectivity index (χ1v) is 8.53. The van der Waals surface area contributed by atoms with Gasteiger partial charge >= 0.3 is 5.97 Å². The molecule has 1 aromatic carbocycles. The molecule has 0 atom stereocenters. The number of aromatic nitrogens is 5. The molecule has 3 heterocycles. The van der Waals surface area contributed by atoms with Gasteiger partial charge in [-0.1, -0.05) is 18.2 Å². The number of hydrogen-bond acceptors (Lipinski definition) is 6. The van der Waals surface area contributed by atoms with Gasteiger partial charge in [-0.15, -0.1) is 0 Å².